The van der Waals surface area contributed by atoms with Crippen LogP contribution in [0.4, 0.5) is 10.5 Å². The van der Waals surface area contributed by atoms with Crippen LogP contribution in [-0.2, 0) is 49.0 Å². The average molecular weight is 725 g/mol. The maximum Gasteiger partial charge on any atom is 0.473 e. The van der Waals surface area contributed by atoms with E-state index < -0.39 is 80.1 Å². The molecule has 1 heterocycles. The maximum atomic E-state index is 13.3. The van der Waals surface area contributed by atoms with E-state index in [4.69, 9.17) is 14.8 Å². The third kappa shape index (κ3) is 14.5. The van der Waals surface area contributed by atoms with Crippen molar-refractivity contribution in [2.75, 3.05) is 18.4 Å². The number of nitrogens with zero attached hydrogens (tertiary/aromatic N) is 1. The van der Waals surface area contributed by atoms with Gasteiger partial charge >= 0.3 is 19.8 Å². The van der Waals surface area contributed by atoms with Gasteiger partial charge in [-0.3, -0.25) is 37.9 Å². The van der Waals surface area contributed by atoms with Gasteiger partial charge in [0.2, 0.25) is 17.7 Å². The molecule has 0 spiro atoms. The molecule has 0 saturated carbocycles. The molecule has 50 heavy (non-hydrogen) atoms. The third-order valence-corrected chi connectivity index (χ3v) is 8.14. The number of carbonyl (C=O) groups excluding carboxylic acids is 6. The van der Waals surface area contributed by atoms with Gasteiger partial charge in [-0.05, 0) is 48.8 Å². The number of carboxylic acid groups (broad SMARTS) is 1. The Morgan fingerprint density at radius 1 is 0.960 bits per heavy atom. The number of anilines is 1. The van der Waals surface area contributed by atoms with Gasteiger partial charge in [-0.1, -0.05) is 39.8 Å². The summed E-state index contributed by atoms with van der Waals surface area (Å²) in [5, 5.41) is 19.5. The van der Waals surface area contributed by atoms with Gasteiger partial charge in [0.05, 0.1) is 6.61 Å². The van der Waals surface area contributed by atoms with Gasteiger partial charge in [0, 0.05) is 37.3 Å². The van der Waals surface area contributed by atoms with E-state index >= 15 is 0 Å². The molecule has 2 rings (SSSR count). The molecular weight excluding hydrogens is 679 g/mol. The first-order valence-corrected chi connectivity index (χ1v) is 17.3. The molecule has 19 heteroatoms. The van der Waals surface area contributed by atoms with Crippen molar-refractivity contribution in [3.8, 4) is 0 Å². The number of hydrogen-bond acceptors (Lipinski definition) is 10. The number of nitrogens with two attached hydrogens (primary N) is 1. The lowest BCUT2D eigenvalue weighted by atomic mass is 10.0. The number of primary amides is 1. The number of carbonyl (C=O) groups is 7. The number of nitrogens with one attached hydrogen (secondary N) is 4. The number of amides is 7. The second-order valence-corrected chi connectivity index (χ2v) is 13.6. The molecule has 2 unspecified atom stereocenters. The Labute approximate surface area is 289 Å². The van der Waals surface area contributed by atoms with Crippen LogP contribution in [0, 0.1) is 11.8 Å². The summed E-state index contributed by atoms with van der Waals surface area (Å²) in [4.78, 5) is 96.2. The van der Waals surface area contributed by atoms with E-state index in [-0.39, 0.29) is 50.4 Å². The minimum Gasteiger partial charge on any atom is -0.479 e. The van der Waals surface area contributed by atoms with Gasteiger partial charge in [-0.25, -0.2) is 14.2 Å². The van der Waals surface area contributed by atoms with Crippen LogP contribution in [0.1, 0.15) is 58.9 Å². The monoisotopic (exact) mass is 724 g/mol. The van der Waals surface area contributed by atoms with Crippen LogP contribution >= 0.6 is 7.82 Å². The Kier molecular flexibility index (Phi) is 16.2. The second kappa shape index (κ2) is 19.5. The number of aliphatic carboxylic acids is 1. The Hall–Kier alpha value is -4.64. The fourth-order valence-electron chi connectivity index (χ4n) is 4.57. The molecule has 4 atom stereocenters. The highest BCUT2D eigenvalue weighted by molar-refractivity contribution is 7.47. The third-order valence-electron chi connectivity index (χ3n) is 7.17. The molecule has 7 amide bonds. The summed E-state index contributed by atoms with van der Waals surface area (Å²) < 4.78 is 22.1. The number of urea groups is 1. The minimum atomic E-state index is -4.73. The summed E-state index contributed by atoms with van der Waals surface area (Å²) in [7, 11) is -4.73. The summed E-state index contributed by atoms with van der Waals surface area (Å²) in [6, 6.07) is 2.92. The predicted octanol–water partition coefficient (Wildman–Crippen LogP) is 1.15. The standard InChI is InChI=1S/C31H45N6O12P/c1-18(2)16-23(30(43)44)49-50(46,47)48-17-20-7-9-21(10-8-20)34-28(41)22(6-5-14-33-31(32)45)35-29(42)27(19(3)4)36-24(38)13-15-37-25(39)11-12-26(37)40/h7-12,18-19,22-23,27H,5-6,13-17H2,1-4H3,(H,34,41)(H,35,42)(H,36,38)(H,43,44)(H,46,47)(H3,32,33,45)/t22-,23?,27-/m0/s1. The highest BCUT2D eigenvalue weighted by atomic mass is 31.2. The summed E-state index contributed by atoms with van der Waals surface area (Å²) in [6.45, 7) is 6.34. The van der Waals surface area contributed by atoms with Gasteiger partial charge in [0.15, 0.2) is 6.10 Å². The zero-order chi connectivity index (χ0) is 37.6. The molecule has 0 fully saturated rings. The number of phosphoric acid groups is 1. The van der Waals surface area contributed by atoms with Crippen molar-refractivity contribution < 1.29 is 57.2 Å². The van der Waals surface area contributed by atoms with Crippen molar-refractivity contribution in [3.63, 3.8) is 0 Å². The Balaban J connectivity index is 2.05. The van der Waals surface area contributed by atoms with Crippen LogP contribution in [0.2, 0.25) is 0 Å². The molecule has 0 aromatic heterocycles. The second-order valence-electron chi connectivity index (χ2n) is 12.2. The van der Waals surface area contributed by atoms with Gasteiger partial charge in [0.1, 0.15) is 12.1 Å². The molecule has 1 aromatic carbocycles. The summed E-state index contributed by atoms with van der Waals surface area (Å²) in [5.41, 5.74) is 5.79. The van der Waals surface area contributed by atoms with Crippen LogP contribution in [-0.4, -0.2) is 87.7 Å². The number of hydrogen-bond donors (Lipinski definition) is 7. The van der Waals surface area contributed by atoms with E-state index in [1.807, 2.05) is 0 Å². The Morgan fingerprint density at radius 2 is 1.58 bits per heavy atom. The summed E-state index contributed by atoms with van der Waals surface area (Å²) in [6.07, 6.45) is 0.711. The first-order chi connectivity index (χ1) is 23.4. The molecule has 0 aliphatic carbocycles. The van der Waals surface area contributed by atoms with Gasteiger partial charge < -0.3 is 37.0 Å². The molecule has 8 N–H and O–H groups in total. The zero-order valence-corrected chi connectivity index (χ0v) is 29.1. The van der Waals surface area contributed by atoms with Crippen LogP contribution in [0.3, 0.4) is 0 Å². The number of imide groups is 1. The van der Waals surface area contributed by atoms with E-state index in [9.17, 15) is 48.1 Å². The van der Waals surface area contributed by atoms with E-state index in [0.29, 0.717) is 5.56 Å². The number of benzene rings is 1. The smallest absolute Gasteiger partial charge is 0.473 e. The van der Waals surface area contributed by atoms with E-state index in [0.717, 1.165) is 17.1 Å². The molecule has 0 radical (unpaired) electrons. The Morgan fingerprint density at radius 3 is 2.12 bits per heavy atom. The van der Waals surface area contributed by atoms with Crippen LogP contribution in [0.25, 0.3) is 0 Å². The van der Waals surface area contributed by atoms with Gasteiger partial charge in [0.25, 0.3) is 11.8 Å². The van der Waals surface area contributed by atoms with Crippen LogP contribution < -0.4 is 27.0 Å². The number of carboxylic acids is 1. The number of rotatable bonds is 21. The van der Waals surface area contributed by atoms with Crippen molar-refractivity contribution in [2.24, 2.45) is 17.6 Å². The first kappa shape index (κ1) is 41.5. The molecular formula is C31H45N6O12P. The SMILES string of the molecule is CC(C)CC(OP(=O)(O)OCc1ccc(NC(=O)[C@H](CCCNC(N)=O)NC(=O)[C@@H](NC(=O)CCN2C(=O)C=CC2=O)C(C)C)cc1)C(=O)O. The van der Waals surface area contributed by atoms with E-state index in [1.54, 1.807) is 27.7 Å². The van der Waals surface area contributed by atoms with E-state index in [1.165, 1.54) is 24.3 Å². The van der Waals surface area contributed by atoms with Gasteiger partial charge in [-0.2, -0.15) is 0 Å². The topological polar surface area (TPSA) is 273 Å². The molecule has 1 aliphatic rings. The van der Waals surface area contributed by atoms with Crippen molar-refractivity contribution in [1.29, 1.82) is 0 Å². The lowest BCUT2D eigenvalue weighted by molar-refractivity contribution is -0.147. The van der Waals surface area contributed by atoms with Crippen molar-refractivity contribution in [3.05, 3.63) is 42.0 Å². The fraction of sp³-hybridized carbons (Fsp3) is 0.516. The molecule has 18 nitrogen and oxygen atoms in total. The lowest BCUT2D eigenvalue weighted by Crippen LogP contribution is -2.54. The van der Waals surface area contributed by atoms with Crippen molar-refractivity contribution in [2.45, 2.75) is 78.2 Å². The molecule has 1 aromatic rings. The van der Waals surface area contributed by atoms with Gasteiger partial charge in [-0.15, -0.1) is 0 Å². The molecule has 0 bridgehead atoms. The van der Waals surface area contributed by atoms with Crippen molar-refractivity contribution in [1.82, 2.24) is 20.9 Å². The summed E-state index contributed by atoms with van der Waals surface area (Å²) >= 11 is 0. The highest BCUT2D eigenvalue weighted by Gasteiger charge is 2.32. The largest absolute Gasteiger partial charge is 0.479 e. The molecule has 276 valence electrons. The quantitative estimate of drug-likeness (QED) is 0.0534. The predicted molar refractivity (Wildman–Crippen MR) is 178 cm³/mol. The van der Waals surface area contributed by atoms with E-state index in [2.05, 4.69) is 21.3 Å². The average Bonchev–Trinajstić information content (AvgIpc) is 3.34. The normalized spacial score (nSPS) is 15.7. The van der Waals surface area contributed by atoms with Crippen LogP contribution in [0.5, 0.6) is 0 Å². The first-order valence-electron chi connectivity index (χ1n) is 15.8. The van der Waals surface area contributed by atoms with Crippen molar-refractivity contribution >= 4 is 55.0 Å². The summed E-state index contributed by atoms with van der Waals surface area (Å²) in [5.74, 6) is -4.93. The molecule has 1 aliphatic heterocycles. The number of phosphoric ester groups is 1. The van der Waals surface area contributed by atoms with Crippen LogP contribution in [0.15, 0.2) is 36.4 Å². The minimum absolute atomic E-state index is 0.00317. The Bertz CT molecular complexity index is 1460. The zero-order valence-electron chi connectivity index (χ0n) is 28.2. The fourth-order valence-corrected chi connectivity index (χ4v) is 5.44. The maximum absolute atomic E-state index is 13.3. The molecule has 0 saturated heterocycles. The lowest BCUT2D eigenvalue weighted by Gasteiger charge is -2.25. The highest BCUT2D eigenvalue weighted by Crippen LogP contribution is 2.46.